The van der Waals surface area contributed by atoms with Crippen LogP contribution in [0.3, 0.4) is 0 Å². The van der Waals surface area contributed by atoms with Crippen molar-refractivity contribution in [3.05, 3.63) is 75.4 Å². The minimum atomic E-state index is 0.166. The summed E-state index contributed by atoms with van der Waals surface area (Å²) in [5.41, 5.74) is 10.8. The van der Waals surface area contributed by atoms with Crippen LogP contribution in [0.1, 0.15) is 92.8 Å². The molecule has 1 unspecified atom stereocenters. The molecule has 2 aromatic rings. The largest absolute Gasteiger partial charge is 0.0720 e. The van der Waals surface area contributed by atoms with E-state index in [4.69, 9.17) is 0 Å². The van der Waals surface area contributed by atoms with E-state index in [0.717, 1.165) is 0 Å². The number of allylic oxidation sites excluding steroid dienone is 1. The first kappa shape index (κ1) is 17.6. The molecule has 0 saturated carbocycles. The molecule has 2 aliphatic rings. The van der Waals surface area contributed by atoms with Crippen molar-refractivity contribution in [1.29, 1.82) is 0 Å². The van der Waals surface area contributed by atoms with Gasteiger partial charge in [-0.3, -0.25) is 0 Å². The second kappa shape index (κ2) is 5.84. The van der Waals surface area contributed by atoms with Gasteiger partial charge in [0.2, 0.25) is 0 Å². The van der Waals surface area contributed by atoms with Crippen LogP contribution in [0.4, 0.5) is 0 Å². The van der Waals surface area contributed by atoms with Gasteiger partial charge in [0.25, 0.3) is 0 Å². The molecule has 4 rings (SSSR count). The van der Waals surface area contributed by atoms with Crippen LogP contribution in [-0.4, -0.2) is 0 Å². The van der Waals surface area contributed by atoms with Gasteiger partial charge in [-0.1, -0.05) is 84.0 Å². The highest BCUT2D eigenvalue weighted by molar-refractivity contribution is 5.67. The predicted molar refractivity (Wildman–Crippen MR) is 113 cm³/mol. The van der Waals surface area contributed by atoms with E-state index in [-0.39, 0.29) is 10.8 Å². The zero-order valence-electron chi connectivity index (χ0n) is 17.2. The lowest BCUT2D eigenvalue weighted by Crippen LogP contribution is -2.17. The fourth-order valence-electron chi connectivity index (χ4n) is 4.37. The third-order valence-corrected chi connectivity index (χ3v) is 6.15. The molecule has 0 aliphatic heterocycles. The fraction of sp³-hybridized carbons (Fsp3) is 0.462. The van der Waals surface area contributed by atoms with E-state index in [1.807, 2.05) is 0 Å². The first-order chi connectivity index (χ1) is 12.1. The normalized spacial score (nSPS) is 18.9. The van der Waals surface area contributed by atoms with Crippen LogP contribution in [0.2, 0.25) is 0 Å². The van der Waals surface area contributed by atoms with Crippen molar-refractivity contribution in [3.8, 4) is 0 Å². The molecule has 0 aromatic heterocycles. The molecule has 0 nitrogen and oxygen atoms in total. The number of rotatable bonds is 1. The summed E-state index contributed by atoms with van der Waals surface area (Å²) in [5, 5.41) is 0. The fourth-order valence-corrected chi connectivity index (χ4v) is 4.37. The van der Waals surface area contributed by atoms with Crippen LogP contribution in [0.15, 0.2) is 36.4 Å². The second-order valence-electron chi connectivity index (χ2n) is 10.3. The van der Waals surface area contributed by atoms with Gasteiger partial charge in [0, 0.05) is 5.92 Å². The number of aryl methyl sites for hydroxylation is 2. The van der Waals surface area contributed by atoms with Crippen LogP contribution >= 0.6 is 0 Å². The number of benzene rings is 2. The van der Waals surface area contributed by atoms with E-state index in [9.17, 15) is 0 Å². The zero-order valence-corrected chi connectivity index (χ0v) is 17.2. The molecule has 0 N–H and O–H groups in total. The van der Waals surface area contributed by atoms with Crippen molar-refractivity contribution in [2.45, 2.75) is 77.6 Å². The third kappa shape index (κ3) is 3.04. The first-order valence-corrected chi connectivity index (χ1v) is 10.1. The van der Waals surface area contributed by atoms with Gasteiger partial charge in [0.15, 0.2) is 0 Å². The summed E-state index contributed by atoms with van der Waals surface area (Å²) in [6.45, 7) is 13.9. The summed E-state index contributed by atoms with van der Waals surface area (Å²) >= 11 is 0. The van der Waals surface area contributed by atoms with Crippen molar-refractivity contribution in [2.75, 3.05) is 0 Å². The van der Waals surface area contributed by atoms with Crippen molar-refractivity contribution in [2.24, 2.45) is 0 Å². The molecular formula is C26H32. The summed E-state index contributed by atoms with van der Waals surface area (Å²) in [5.74, 6) is 0.402. The molecule has 136 valence electrons. The standard InChI is InChI=1S/C26H32/c1-25(2,3)21-13-20(14-22(16-21)26(4,5)6)23-11-10-19-12-17-8-7-9-18(17)15-24(19)23/h10-16,23H,7-9H2,1-6H3. The van der Waals surface area contributed by atoms with Crippen LogP contribution in [0.5, 0.6) is 0 Å². The van der Waals surface area contributed by atoms with Crippen LogP contribution in [-0.2, 0) is 23.7 Å². The van der Waals surface area contributed by atoms with E-state index in [1.165, 1.54) is 47.1 Å². The minimum Gasteiger partial charge on any atom is -0.0720 e. The van der Waals surface area contributed by atoms with E-state index in [1.54, 1.807) is 11.1 Å². The summed E-state index contributed by atoms with van der Waals surface area (Å²) in [6, 6.07) is 12.3. The minimum absolute atomic E-state index is 0.166. The maximum atomic E-state index is 2.50. The van der Waals surface area contributed by atoms with E-state index in [0.29, 0.717) is 5.92 Å². The molecule has 0 radical (unpaired) electrons. The average molecular weight is 345 g/mol. The topological polar surface area (TPSA) is 0 Å². The van der Waals surface area contributed by atoms with Gasteiger partial charge in [-0.25, -0.2) is 0 Å². The van der Waals surface area contributed by atoms with E-state index in [2.05, 4.69) is 84.0 Å². The van der Waals surface area contributed by atoms with E-state index >= 15 is 0 Å². The Kier molecular flexibility index (Phi) is 3.95. The summed E-state index contributed by atoms with van der Waals surface area (Å²) in [6.07, 6.45) is 8.59. The third-order valence-electron chi connectivity index (χ3n) is 6.15. The number of fused-ring (bicyclic) bond motifs is 2. The maximum Gasteiger partial charge on any atom is 0.0279 e. The smallest absolute Gasteiger partial charge is 0.0279 e. The van der Waals surface area contributed by atoms with Gasteiger partial charge in [-0.05, 0) is 69.0 Å². The Morgan fingerprint density at radius 2 is 1.31 bits per heavy atom. The van der Waals surface area contributed by atoms with E-state index < -0.39 is 0 Å². The predicted octanol–water partition coefficient (Wildman–Crippen LogP) is 6.93. The monoisotopic (exact) mass is 344 g/mol. The van der Waals surface area contributed by atoms with Crippen LogP contribution in [0.25, 0.3) is 6.08 Å². The molecule has 1 atom stereocenters. The van der Waals surface area contributed by atoms with Gasteiger partial charge in [0.05, 0.1) is 0 Å². The Morgan fingerprint density at radius 1 is 0.731 bits per heavy atom. The van der Waals surface area contributed by atoms with Gasteiger partial charge >= 0.3 is 0 Å². The molecule has 0 heterocycles. The Balaban J connectivity index is 1.84. The molecule has 26 heavy (non-hydrogen) atoms. The zero-order chi connectivity index (χ0) is 18.7. The highest BCUT2D eigenvalue weighted by atomic mass is 14.3. The van der Waals surface area contributed by atoms with Gasteiger partial charge < -0.3 is 0 Å². The Morgan fingerprint density at radius 3 is 1.88 bits per heavy atom. The molecule has 0 heteroatoms. The lowest BCUT2D eigenvalue weighted by atomic mass is 9.77. The van der Waals surface area contributed by atoms with Gasteiger partial charge in [-0.2, -0.15) is 0 Å². The number of hydrogen-bond acceptors (Lipinski definition) is 0. The lowest BCUT2D eigenvalue weighted by Gasteiger charge is -2.27. The van der Waals surface area contributed by atoms with Crippen LogP contribution < -0.4 is 0 Å². The molecule has 0 amide bonds. The lowest BCUT2D eigenvalue weighted by molar-refractivity contribution is 0.566. The Hall–Kier alpha value is -1.82. The second-order valence-corrected chi connectivity index (χ2v) is 10.3. The molecule has 2 aliphatic carbocycles. The quantitative estimate of drug-likeness (QED) is 0.526. The number of hydrogen-bond donors (Lipinski definition) is 0. The Bertz CT molecular complexity index is 849. The first-order valence-electron chi connectivity index (χ1n) is 10.1. The van der Waals surface area contributed by atoms with Crippen molar-refractivity contribution in [3.63, 3.8) is 0 Å². The SMILES string of the molecule is CC(C)(C)c1cc(C2C=Cc3cc4c(cc32)CCC4)cc(C(C)(C)C)c1. The molecule has 0 saturated heterocycles. The average Bonchev–Trinajstić information content (AvgIpc) is 3.16. The summed E-state index contributed by atoms with van der Waals surface area (Å²) in [4.78, 5) is 0. The Labute approximate surface area is 159 Å². The van der Waals surface area contributed by atoms with Gasteiger partial charge in [-0.15, -0.1) is 0 Å². The summed E-state index contributed by atoms with van der Waals surface area (Å²) < 4.78 is 0. The summed E-state index contributed by atoms with van der Waals surface area (Å²) in [7, 11) is 0. The maximum absolute atomic E-state index is 2.50. The highest BCUT2D eigenvalue weighted by Gasteiger charge is 2.26. The van der Waals surface area contributed by atoms with Crippen LogP contribution in [0, 0.1) is 0 Å². The van der Waals surface area contributed by atoms with Crippen molar-refractivity contribution >= 4 is 6.08 Å². The molecule has 0 spiro atoms. The van der Waals surface area contributed by atoms with Gasteiger partial charge in [0.1, 0.15) is 0 Å². The molecule has 0 fully saturated rings. The molecule has 2 aromatic carbocycles. The molecule has 0 bridgehead atoms. The highest BCUT2D eigenvalue weighted by Crippen LogP contribution is 2.41. The van der Waals surface area contributed by atoms with Crippen molar-refractivity contribution < 1.29 is 0 Å². The van der Waals surface area contributed by atoms with Crippen molar-refractivity contribution in [1.82, 2.24) is 0 Å². The molecular weight excluding hydrogens is 312 g/mol.